The minimum atomic E-state index is -1.57. The van der Waals surface area contributed by atoms with E-state index < -0.39 is 49.5 Å². The molecule has 0 aliphatic carbocycles. The first-order valence-corrected chi connectivity index (χ1v) is 33.2. The first-order valence-electron chi connectivity index (χ1n) is 33.2. The summed E-state index contributed by atoms with van der Waals surface area (Å²) in [5.41, 5.74) is 0. The molecule has 1 heterocycles. The van der Waals surface area contributed by atoms with Gasteiger partial charge in [-0.2, -0.15) is 0 Å². The summed E-state index contributed by atoms with van der Waals surface area (Å²) in [7, 11) is 0. The Kier molecular flexibility index (Phi) is 54.0. The number of nitrogens with one attached hydrogen (secondary N) is 1. The molecule has 1 aliphatic rings. The van der Waals surface area contributed by atoms with Crippen LogP contribution in [0.3, 0.4) is 0 Å². The van der Waals surface area contributed by atoms with Crippen LogP contribution in [0.1, 0.15) is 328 Å². The van der Waals surface area contributed by atoms with Crippen LogP contribution >= 0.6 is 0 Å². The van der Waals surface area contributed by atoms with Crippen molar-refractivity contribution in [3.63, 3.8) is 0 Å². The fourth-order valence-corrected chi connectivity index (χ4v) is 10.7. The summed E-state index contributed by atoms with van der Waals surface area (Å²) < 4.78 is 11.3. The summed E-state index contributed by atoms with van der Waals surface area (Å²) in [6, 6.07) is -0.804. The number of unbranched alkanes of at least 4 members (excludes halogenated alkanes) is 44. The van der Waals surface area contributed by atoms with Gasteiger partial charge in [-0.15, -0.1) is 0 Å². The lowest BCUT2D eigenvalue weighted by atomic mass is 9.99. The SMILES string of the molecule is CCCCCCC/C=C\C/C=C\CCCCCCCCCCCCCCCCCCCCCCCC(=O)NC(COC1OC(CO)C(O)C(O)C1O)C(O)/C=C/CCCCCCCCCCCCCCCCCCCC. The molecular weight excluding hydrogens is 947 g/mol. The van der Waals surface area contributed by atoms with Crippen LogP contribution in [0.5, 0.6) is 0 Å². The molecule has 0 aromatic heterocycles. The molecule has 448 valence electrons. The highest BCUT2D eigenvalue weighted by Gasteiger charge is 2.44. The van der Waals surface area contributed by atoms with Gasteiger partial charge in [0, 0.05) is 6.42 Å². The topological polar surface area (TPSA) is 149 Å². The highest BCUT2D eigenvalue weighted by molar-refractivity contribution is 5.76. The van der Waals surface area contributed by atoms with E-state index in [1.54, 1.807) is 6.08 Å². The number of hydrogen-bond donors (Lipinski definition) is 6. The Hall–Kier alpha value is -1.59. The second kappa shape index (κ2) is 56.7. The lowest BCUT2D eigenvalue weighted by Gasteiger charge is -2.40. The second-order valence-corrected chi connectivity index (χ2v) is 23.3. The molecule has 7 atom stereocenters. The van der Waals surface area contributed by atoms with Crippen LogP contribution in [0, 0.1) is 0 Å². The number of carbonyl (C=O) groups is 1. The molecule has 1 amide bonds. The average Bonchev–Trinajstić information content (AvgIpc) is 3.42. The number of aliphatic hydroxyl groups is 5. The van der Waals surface area contributed by atoms with E-state index in [-0.39, 0.29) is 12.5 Å². The molecule has 6 N–H and O–H groups in total. The Labute approximate surface area is 470 Å². The van der Waals surface area contributed by atoms with Gasteiger partial charge in [-0.1, -0.05) is 307 Å². The van der Waals surface area contributed by atoms with Crippen molar-refractivity contribution < 1.29 is 39.8 Å². The van der Waals surface area contributed by atoms with E-state index >= 15 is 0 Å². The number of aliphatic hydroxyl groups excluding tert-OH is 5. The third-order valence-electron chi connectivity index (χ3n) is 16.0. The van der Waals surface area contributed by atoms with Gasteiger partial charge in [0.1, 0.15) is 24.4 Å². The maximum Gasteiger partial charge on any atom is 0.220 e. The lowest BCUT2D eigenvalue weighted by Crippen LogP contribution is -2.60. The normalized spacial score (nSPS) is 19.0. The van der Waals surface area contributed by atoms with Crippen molar-refractivity contribution >= 4 is 5.91 Å². The molecule has 0 saturated carbocycles. The predicted molar refractivity (Wildman–Crippen MR) is 323 cm³/mol. The van der Waals surface area contributed by atoms with Crippen molar-refractivity contribution in [1.29, 1.82) is 0 Å². The van der Waals surface area contributed by atoms with Crippen LogP contribution < -0.4 is 5.32 Å². The molecule has 76 heavy (non-hydrogen) atoms. The van der Waals surface area contributed by atoms with Crippen molar-refractivity contribution in [3.8, 4) is 0 Å². The monoisotopic (exact) mass is 1070 g/mol. The standard InChI is InChI=1S/C67H127NO8/c1-3-5-7-9-11-13-15-17-19-21-23-25-26-27-28-29-30-31-32-33-34-35-36-37-39-41-43-45-47-49-51-53-55-57-63(71)68-60(59-75-67-66(74)65(73)64(72)62(58-69)76-67)61(70)56-54-52-50-48-46-44-42-40-38-24-22-20-18-16-14-12-10-8-6-4-2/h15,17,21,23,54,56,60-62,64-67,69-70,72-74H,3-14,16,18-20,22,24-53,55,57-59H2,1-2H3,(H,68,71)/b17-15-,23-21-,56-54+. The third kappa shape index (κ3) is 45.2. The fourth-order valence-electron chi connectivity index (χ4n) is 10.7. The highest BCUT2D eigenvalue weighted by atomic mass is 16.7. The molecule has 0 spiro atoms. The van der Waals surface area contributed by atoms with Gasteiger partial charge in [-0.05, 0) is 51.4 Å². The lowest BCUT2D eigenvalue weighted by molar-refractivity contribution is -0.302. The zero-order chi connectivity index (χ0) is 55.0. The largest absolute Gasteiger partial charge is 0.394 e. The molecule has 0 bridgehead atoms. The van der Waals surface area contributed by atoms with Crippen molar-refractivity contribution in [2.75, 3.05) is 13.2 Å². The Morgan fingerprint density at radius 2 is 0.776 bits per heavy atom. The molecule has 7 unspecified atom stereocenters. The molecule has 1 saturated heterocycles. The summed E-state index contributed by atoms with van der Waals surface area (Å²) in [6.45, 7) is 3.81. The fraction of sp³-hybridized carbons (Fsp3) is 0.896. The number of hydrogen-bond acceptors (Lipinski definition) is 8. The number of carbonyl (C=O) groups excluding carboxylic acids is 1. The number of rotatable bonds is 58. The van der Waals surface area contributed by atoms with Gasteiger partial charge in [0.25, 0.3) is 0 Å². The van der Waals surface area contributed by atoms with Crippen molar-refractivity contribution in [1.82, 2.24) is 5.32 Å². The van der Waals surface area contributed by atoms with Crippen LogP contribution in [0.25, 0.3) is 0 Å². The second-order valence-electron chi connectivity index (χ2n) is 23.3. The van der Waals surface area contributed by atoms with Crippen LogP contribution in [0.2, 0.25) is 0 Å². The molecule has 1 fully saturated rings. The summed E-state index contributed by atoms with van der Waals surface area (Å²) in [5.74, 6) is -0.170. The van der Waals surface area contributed by atoms with Crippen LogP contribution in [0.4, 0.5) is 0 Å². The third-order valence-corrected chi connectivity index (χ3v) is 16.0. The number of amides is 1. The predicted octanol–water partition coefficient (Wildman–Crippen LogP) is 17.5. The van der Waals surface area contributed by atoms with Gasteiger partial charge < -0.3 is 40.3 Å². The van der Waals surface area contributed by atoms with Crippen molar-refractivity contribution in [3.05, 3.63) is 36.5 Å². The van der Waals surface area contributed by atoms with E-state index in [0.717, 1.165) is 44.9 Å². The van der Waals surface area contributed by atoms with Crippen molar-refractivity contribution in [2.45, 2.75) is 371 Å². The first kappa shape index (κ1) is 72.4. The molecule has 1 rings (SSSR count). The molecule has 1 aliphatic heterocycles. The Bertz CT molecular complexity index is 1290. The van der Waals surface area contributed by atoms with Crippen molar-refractivity contribution in [2.24, 2.45) is 0 Å². The van der Waals surface area contributed by atoms with E-state index in [4.69, 9.17) is 9.47 Å². The minimum Gasteiger partial charge on any atom is -0.394 e. The molecule has 0 aromatic rings. The Morgan fingerprint density at radius 1 is 0.447 bits per heavy atom. The van der Waals surface area contributed by atoms with Gasteiger partial charge in [0.05, 0.1) is 25.4 Å². The Morgan fingerprint density at radius 3 is 1.13 bits per heavy atom. The van der Waals surface area contributed by atoms with Crippen LogP contribution in [0.15, 0.2) is 36.5 Å². The molecular formula is C67H127NO8. The van der Waals surface area contributed by atoms with E-state index in [1.807, 2.05) is 6.08 Å². The van der Waals surface area contributed by atoms with Gasteiger partial charge in [-0.25, -0.2) is 0 Å². The van der Waals surface area contributed by atoms with Gasteiger partial charge >= 0.3 is 0 Å². The van der Waals surface area contributed by atoms with Gasteiger partial charge in [0.15, 0.2) is 6.29 Å². The maximum atomic E-state index is 13.1. The van der Waals surface area contributed by atoms with Gasteiger partial charge in [-0.3, -0.25) is 4.79 Å². The maximum absolute atomic E-state index is 13.1. The quantitative estimate of drug-likeness (QED) is 0.0261. The molecule has 0 radical (unpaired) electrons. The smallest absolute Gasteiger partial charge is 0.220 e. The molecule has 9 nitrogen and oxygen atoms in total. The highest BCUT2D eigenvalue weighted by Crippen LogP contribution is 2.23. The zero-order valence-electron chi connectivity index (χ0n) is 50.0. The summed E-state index contributed by atoms with van der Waals surface area (Å²) in [5, 5.41) is 54.7. The van der Waals surface area contributed by atoms with Gasteiger partial charge in [0.2, 0.25) is 5.91 Å². The first-order chi connectivity index (χ1) is 37.3. The number of ether oxygens (including phenoxy) is 2. The Balaban J connectivity index is 2.12. The number of allylic oxidation sites excluding steroid dienone is 5. The summed E-state index contributed by atoms with van der Waals surface area (Å²) in [4.78, 5) is 13.1. The average molecular weight is 1070 g/mol. The summed E-state index contributed by atoms with van der Waals surface area (Å²) in [6.07, 6.45) is 68.1. The minimum absolute atomic E-state index is 0.170. The summed E-state index contributed by atoms with van der Waals surface area (Å²) >= 11 is 0. The van der Waals surface area contributed by atoms with E-state index in [2.05, 4.69) is 43.5 Å². The van der Waals surface area contributed by atoms with Crippen LogP contribution in [-0.4, -0.2) is 87.5 Å². The van der Waals surface area contributed by atoms with E-state index in [9.17, 15) is 30.3 Å². The molecule has 9 heteroatoms. The van der Waals surface area contributed by atoms with E-state index in [1.165, 1.54) is 263 Å². The molecule has 0 aromatic carbocycles. The van der Waals surface area contributed by atoms with E-state index in [0.29, 0.717) is 6.42 Å². The zero-order valence-corrected chi connectivity index (χ0v) is 50.0. The van der Waals surface area contributed by atoms with Crippen LogP contribution in [-0.2, 0) is 14.3 Å².